The van der Waals surface area contributed by atoms with Crippen molar-refractivity contribution in [3.05, 3.63) is 10.5 Å². The number of H-pyrrole nitrogens is 1. The van der Waals surface area contributed by atoms with E-state index >= 15 is 0 Å². The first-order chi connectivity index (χ1) is 7.52. The second kappa shape index (κ2) is 5.18. The SMILES string of the molecule is CNC(C)(C#N)CCSc1n[nH]c(=O)n1C. The normalized spacial score (nSPS) is 14.4. The van der Waals surface area contributed by atoms with Gasteiger partial charge in [-0.25, -0.2) is 9.89 Å². The van der Waals surface area contributed by atoms with Gasteiger partial charge in [-0.1, -0.05) is 11.8 Å². The Morgan fingerprint density at radius 2 is 2.44 bits per heavy atom. The summed E-state index contributed by atoms with van der Waals surface area (Å²) in [6, 6.07) is 2.21. The largest absolute Gasteiger partial charge is 0.343 e. The van der Waals surface area contributed by atoms with Crippen LogP contribution in [0.15, 0.2) is 9.95 Å². The van der Waals surface area contributed by atoms with Crippen LogP contribution in [0.4, 0.5) is 0 Å². The van der Waals surface area contributed by atoms with E-state index < -0.39 is 5.54 Å². The van der Waals surface area contributed by atoms with E-state index in [1.54, 1.807) is 14.1 Å². The van der Waals surface area contributed by atoms with Gasteiger partial charge in [-0.05, 0) is 20.4 Å². The molecule has 0 aromatic carbocycles. The smallest absolute Gasteiger partial charge is 0.303 e. The Hall–Kier alpha value is -1.26. The highest BCUT2D eigenvalue weighted by atomic mass is 32.2. The minimum absolute atomic E-state index is 0.223. The van der Waals surface area contributed by atoms with E-state index in [1.807, 2.05) is 6.92 Å². The van der Waals surface area contributed by atoms with Crippen LogP contribution in [0.1, 0.15) is 13.3 Å². The number of hydrogen-bond donors (Lipinski definition) is 2. The lowest BCUT2D eigenvalue weighted by atomic mass is 10.0. The van der Waals surface area contributed by atoms with Crippen molar-refractivity contribution in [2.75, 3.05) is 12.8 Å². The number of nitrogens with one attached hydrogen (secondary N) is 2. The first-order valence-corrected chi connectivity index (χ1v) is 5.85. The van der Waals surface area contributed by atoms with E-state index in [2.05, 4.69) is 21.6 Å². The van der Waals surface area contributed by atoms with E-state index in [0.717, 1.165) is 5.75 Å². The predicted molar refractivity (Wildman–Crippen MR) is 62.2 cm³/mol. The highest BCUT2D eigenvalue weighted by Crippen LogP contribution is 2.17. The van der Waals surface area contributed by atoms with Crippen LogP contribution in [0.5, 0.6) is 0 Å². The molecular formula is C9H15N5OS. The quantitative estimate of drug-likeness (QED) is 0.714. The summed E-state index contributed by atoms with van der Waals surface area (Å²) >= 11 is 1.45. The minimum Gasteiger partial charge on any atom is -0.303 e. The number of rotatable bonds is 5. The van der Waals surface area contributed by atoms with E-state index in [4.69, 9.17) is 5.26 Å². The van der Waals surface area contributed by atoms with E-state index in [-0.39, 0.29) is 5.69 Å². The van der Waals surface area contributed by atoms with Gasteiger partial charge in [0.15, 0.2) is 5.16 Å². The molecule has 0 amide bonds. The third kappa shape index (κ3) is 2.87. The third-order valence-corrected chi connectivity index (χ3v) is 3.50. The molecule has 0 spiro atoms. The molecule has 1 aromatic rings. The van der Waals surface area contributed by atoms with Crippen LogP contribution in [0, 0.1) is 11.3 Å². The summed E-state index contributed by atoms with van der Waals surface area (Å²) < 4.78 is 1.45. The Bertz CT molecular complexity index is 445. The molecule has 0 aliphatic heterocycles. The third-order valence-electron chi connectivity index (χ3n) is 2.47. The number of aromatic amines is 1. The number of aromatic nitrogens is 3. The molecule has 1 aromatic heterocycles. The maximum atomic E-state index is 11.1. The Balaban J connectivity index is 2.51. The average Bonchev–Trinajstić information content (AvgIpc) is 2.60. The summed E-state index contributed by atoms with van der Waals surface area (Å²) in [7, 11) is 3.42. The van der Waals surface area contributed by atoms with Crippen molar-refractivity contribution in [3.8, 4) is 6.07 Å². The van der Waals surface area contributed by atoms with Crippen LogP contribution in [-0.2, 0) is 7.05 Å². The molecule has 6 nitrogen and oxygen atoms in total. The molecule has 1 heterocycles. The molecule has 0 bridgehead atoms. The van der Waals surface area contributed by atoms with Gasteiger partial charge in [-0.15, -0.1) is 5.10 Å². The standard InChI is InChI=1S/C9H15N5OS/c1-9(6-10,11-2)4-5-16-8-13-12-7(15)14(8)3/h11H,4-5H2,1-3H3,(H,12,15). The maximum absolute atomic E-state index is 11.1. The zero-order chi connectivity index (χ0) is 12.2. The van der Waals surface area contributed by atoms with E-state index in [9.17, 15) is 4.79 Å². The summed E-state index contributed by atoms with van der Waals surface area (Å²) in [6.07, 6.45) is 0.686. The molecule has 0 aliphatic rings. The molecule has 0 saturated heterocycles. The molecule has 0 radical (unpaired) electrons. The van der Waals surface area contributed by atoms with Gasteiger partial charge >= 0.3 is 5.69 Å². The highest BCUT2D eigenvalue weighted by molar-refractivity contribution is 7.99. The van der Waals surface area contributed by atoms with Crippen molar-refractivity contribution >= 4 is 11.8 Å². The molecule has 16 heavy (non-hydrogen) atoms. The summed E-state index contributed by atoms with van der Waals surface area (Å²) in [4.78, 5) is 11.1. The van der Waals surface area contributed by atoms with Crippen LogP contribution >= 0.6 is 11.8 Å². The predicted octanol–water partition coefficient (Wildman–Crippen LogP) is 0.0923. The molecule has 0 aliphatic carbocycles. The molecule has 0 fully saturated rings. The lowest BCUT2D eigenvalue weighted by molar-refractivity contribution is 0.479. The van der Waals surface area contributed by atoms with Crippen molar-refractivity contribution < 1.29 is 0 Å². The zero-order valence-electron chi connectivity index (χ0n) is 9.57. The fourth-order valence-electron chi connectivity index (χ4n) is 1.04. The Kier molecular flexibility index (Phi) is 4.15. The van der Waals surface area contributed by atoms with Crippen molar-refractivity contribution in [2.45, 2.75) is 24.0 Å². The minimum atomic E-state index is -0.526. The lowest BCUT2D eigenvalue weighted by Crippen LogP contribution is -2.38. The van der Waals surface area contributed by atoms with Crippen molar-refractivity contribution in [3.63, 3.8) is 0 Å². The monoisotopic (exact) mass is 241 g/mol. The first-order valence-electron chi connectivity index (χ1n) is 4.87. The van der Waals surface area contributed by atoms with Gasteiger partial charge in [0.2, 0.25) is 0 Å². The Morgan fingerprint density at radius 3 is 2.88 bits per heavy atom. The zero-order valence-corrected chi connectivity index (χ0v) is 10.4. The maximum Gasteiger partial charge on any atom is 0.343 e. The van der Waals surface area contributed by atoms with Crippen LogP contribution in [0.3, 0.4) is 0 Å². The molecular weight excluding hydrogens is 226 g/mol. The number of nitrogens with zero attached hydrogens (tertiary/aromatic N) is 3. The van der Waals surface area contributed by atoms with Crippen molar-refractivity contribution in [1.29, 1.82) is 5.26 Å². The topological polar surface area (TPSA) is 86.5 Å². The van der Waals surface area contributed by atoms with Gasteiger partial charge in [0.25, 0.3) is 0 Å². The number of nitriles is 1. The van der Waals surface area contributed by atoms with Gasteiger partial charge in [0, 0.05) is 12.8 Å². The van der Waals surface area contributed by atoms with Gasteiger partial charge in [-0.2, -0.15) is 5.26 Å². The van der Waals surface area contributed by atoms with Crippen LogP contribution in [0.25, 0.3) is 0 Å². The van der Waals surface area contributed by atoms with E-state index in [1.165, 1.54) is 16.3 Å². The molecule has 1 rings (SSSR count). The molecule has 1 unspecified atom stereocenters. The summed E-state index contributed by atoms with van der Waals surface area (Å²) in [5.41, 5.74) is -0.749. The molecule has 0 saturated carbocycles. The molecule has 2 N–H and O–H groups in total. The van der Waals surface area contributed by atoms with Gasteiger partial charge in [0.1, 0.15) is 5.54 Å². The fraction of sp³-hybridized carbons (Fsp3) is 0.667. The summed E-state index contributed by atoms with van der Waals surface area (Å²) in [5.74, 6) is 0.725. The summed E-state index contributed by atoms with van der Waals surface area (Å²) in [5, 5.41) is 18.8. The first kappa shape index (κ1) is 12.8. The fourth-order valence-corrected chi connectivity index (χ4v) is 2.12. The Labute approximate surface area is 98.0 Å². The number of thioether (sulfide) groups is 1. The number of hydrogen-bond acceptors (Lipinski definition) is 5. The van der Waals surface area contributed by atoms with Crippen LogP contribution in [-0.4, -0.2) is 33.1 Å². The van der Waals surface area contributed by atoms with Gasteiger partial charge < -0.3 is 5.32 Å². The van der Waals surface area contributed by atoms with Crippen LogP contribution < -0.4 is 11.0 Å². The van der Waals surface area contributed by atoms with Crippen molar-refractivity contribution in [1.82, 2.24) is 20.1 Å². The summed E-state index contributed by atoms with van der Waals surface area (Å²) in [6.45, 7) is 1.84. The van der Waals surface area contributed by atoms with Gasteiger partial charge in [-0.3, -0.25) is 4.57 Å². The second-order valence-corrected chi connectivity index (χ2v) is 4.72. The Morgan fingerprint density at radius 1 is 1.75 bits per heavy atom. The van der Waals surface area contributed by atoms with Gasteiger partial charge in [0.05, 0.1) is 6.07 Å². The average molecular weight is 241 g/mol. The highest BCUT2D eigenvalue weighted by Gasteiger charge is 2.20. The van der Waals surface area contributed by atoms with Crippen LogP contribution in [0.2, 0.25) is 0 Å². The second-order valence-electron chi connectivity index (χ2n) is 3.66. The molecule has 88 valence electrons. The molecule has 7 heteroatoms. The van der Waals surface area contributed by atoms with Crippen molar-refractivity contribution in [2.24, 2.45) is 7.05 Å². The van der Waals surface area contributed by atoms with E-state index in [0.29, 0.717) is 11.6 Å². The lowest BCUT2D eigenvalue weighted by Gasteiger charge is -2.19. The molecule has 1 atom stereocenters.